The van der Waals surface area contributed by atoms with Gasteiger partial charge in [-0.15, -0.1) is 0 Å². The van der Waals surface area contributed by atoms with Gasteiger partial charge in [0.05, 0.1) is 23.1 Å². The van der Waals surface area contributed by atoms with Gasteiger partial charge in [0.25, 0.3) is 0 Å². The second-order valence-electron chi connectivity index (χ2n) is 3.00. The van der Waals surface area contributed by atoms with Gasteiger partial charge in [0.1, 0.15) is 0 Å². The maximum absolute atomic E-state index is 10.8. The zero-order valence-corrected chi connectivity index (χ0v) is 7.53. The molecule has 14 heavy (non-hydrogen) atoms. The summed E-state index contributed by atoms with van der Waals surface area (Å²) in [6.45, 7) is 1.87. The highest BCUT2D eigenvalue weighted by Gasteiger charge is 2.15. The molecule has 0 aliphatic rings. The van der Waals surface area contributed by atoms with Crippen molar-refractivity contribution in [3.05, 3.63) is 29.6 Å². The molecule has 0 aliphatic heterocycles. The number of carbonyl (C=O) groups is 1. The number of hydrogen-bond acceptors (Lipinski definition) is 2. The van der Waals surface area contributed by atoms with Crippen LogP contribution in [0.5, 0.6) is 0 Å². The highest BCUT2D eigenvalue weighted by Crippen LogP contribution is 2.22. The largest absolute Gasteiger partial charge is 0.478 e. The van der Waals surface area contributed by atoms with Gasteiger partial charge in [-0.2, -0.15) is 5.10 Å². The fourth-order valence-electron chi connectivity index (χ4n) is 1.35. The van der Waals surface area contributed by atoms with Crippen LogP contribution in [0.15, 0.2) is 18.5 Å². The first kappa shape index (κ1) is 8.55. The fourth-order valence-corrected chi connectivity index (χ4v) is 1.35. The Hall–Kier alpha value is -2.04. The maximum Gasteiger partial charge on any atom is 0.337 e. The number of carboxylic acid groups (broad SMARTS) is 1. The zero-order chi connectivity index (χ0) is 10.1. The van der Waals surface area contributed by atoms with E-state index in [4.69, 9.17) is 5.11 Å². The normalized spacial score (nSPS) is 10.4. The van der Waals surface area contributed by atoms with Crippen molar-refractivity contribution in [2.24, 2.45) is 0 Å². The van der Waals surface area contributed by atoms with E-state index in [1.807, 2.05) is 6.92 Å². The molecule has 2 rings (SSSR count). The van der Waals surface area contributed by atoms with Crippen LogP contribution in [-0.4, -0.2) is 26.3 Å². The number of nitrogens with one attached hydrogen (secondary N) is 2. The Morgan fingerprint density at radius 3 is 2.86 bits per heavy atom. The molecule has 0 unspecified atom stereocenters. The molecule has 0 saturated heterocycles. The van der Waals surface area contributed by atoms with Gasteiger partial charge in [-0.25, -0.2) is 4.79 Å². The van der Waals surface area contributed by atoms with E-state index in [0.29, 0.717) is 11.4 Å². The van der Waals surface area contributed by atoms with Gasteiger partial charge in [0.15, 0.2) is 0 Å². The molecule has 0 amide bonds. The number of hydrogen-bond donors (Lipinski definition) is 3. The van der Waals surface area contributed by atoms with Crippen molar-refractivity contribution in [3.63, 3.8) is 0 Å². The van der Waals surface area contributed by atoms with Crippen LogP contribution in [0.4, 0.5) is 0 Å². The molecule has 5 heteroatoms. The third kappa shape index (κ3) is 1.19. The predicted molar refractivity (Wildman–Crippen MR) is 50.1 cm³/mol. The number of rotatable bonds is 2. The van der Waals surface area contributed by atoms with E-state index >= 15 is 0 Å². The van der Waals surface area contributed by atoms with Crippen LogP contribution in [-0.2, 0) is 0 Å². The molecule has 2 heterocycles. The second kappa shape index (κ2) is 3.02. The van der Waals surface area contributed by atoms with Crippen LogP contribution in [0.2, 0.25) is 0 Å². The molecule has 2 aromatic heterocycles. The van der Waals surface area contributed by atoms with E-state index in [1.165, 1.54) is 6.07 Å². The Kier molecular flexibility index (Phi) is 1.85. The first-order valence-corrected chi connectivity index (χ1v) is 4.11. The molecule has 5 nitrogen and oxygen atoms in total. The molecular formula is C9H9N3O2. The van der Waals surface area contributed by atoms with E-state index in [2.05, 4.69) is 15.2 Å². The van der Waals surface area contributed by atoms with Crippen molar-refractivity contribution in [1.82, 2.24) is 15.2 Å². The van der Waals surface area contributed by atoms with Crippen molar-refractivity contribution in [3.8, 4) is 11.4 Å². The highest BCUT2D eigenvalue weighted by atomic mass is 16.4. The van der Waals surface area contributed by atoms with Gasteiger partial charge in [-0.05, 0) is 18.6 Å². The zero-order valence-electron chi connectivity index (χ0n) is 7.53. The molecular weight excluding hydrogens is 182 g/mol. The lowest BCUT2D eigenvalue weighted by Crippen LogP contribution is -1.97. The molecule has 2 aromatic rings. The van der Waals surface area contributed by atoms with Crippen LogP contribution in [0.3, 0.4) is 0 Å². The Morgan fingerprint density at radius 2 is 2.29 bits per heavy atom. The van der Waals surface area contributed by atoms with Gasteiger partial charge < -0.3 is 10.1 Å². The molecule has 0 aromatic carbocycles. The smallest absolute Gasteiger partial charge is 0.337 e. The molecule has 0 radical (unpaired) electrons. The summed E-state index contributed by atoms with van der Waals surface area (Å²) in [7, 11) is 0. The summed E-state index contributed by atoms with van der Waals surface area (Å²) in [4.78, 5) is 13.7. The third-order valence-electron chi connectivity index (χ3n) is 2.06. The van der Waals surface area contributed by atoms with Crippen molar-refractivity contribution >= 4 is 5.97 Å². The highest BCUT2D eigenvalue weighted by molar-refractivity contribution is 5.94. The number of nitrogens with zero attached hydrogens (tertiary/aromatic N) is 1. The Balaban J connectivity index is 2.57. The Morgan fingerprint density at radius 1 is 1.50 bits per heavy atom. The van der Waals surface area contributed by atoms with E-state index in [-0.39, 0.29) is 5.56 Å². The first-order chi connectivity index (χ1) is 6.70. The van der Waals surface area contributed by atoms with E-state index in [1.54, 1.807) is 12.4 Å². The number of aromatic carboxylic acids is 1. The van der Waals surface area contributed by atoms with Crippen LogP contribution in [0.25, 0.3) is 11.4 Å². The summed E-state index contributed by atoms with van der Waals surface area (Å²) in [6.07, 6.45) is 3.25. The topological polar surface area (TPSA) is 81.8 Å². The van der Waals surface area contributed by atoms with E-state index < -0.39 is 5.97 Å². The van der Waals surface area contributed by atoms with Crippen LogP contribution in [0, 0.1) is 6.92 Å². The molecule has 0 bridgehead atoms. The minimum Gasteiger partial charge on any atom is -0.478 e. The van der Waals surface area contributed by atoms with E-state index in [0.717, 1.165) is 5.56 Å². The minimum absolute atomic E-state index is 0.248. The fraction of sp³-hybridized carbons (Fsp3) is 0.111. The lowest BCUT2D eigenvalue weighted by molar-refractivity contribution is 0.0698. The average molecular weight is 191 g/mol. The van der Waals surface area contributed by atoms with Crippen molar-refractivity contribution in [2.45, 2.75) is 6.92 Å². The molecule has 72 valence electrons. The van der Waals surface area contributed by atoms with Crippen LogP contribution >= 0.6 is 0 Å². The summed E-state index contributed by atoms with van der Waals surface area (Å²) in [5.41, 5.74) is 2.44. The molecule has 3 N–H and O–H groups in total. The standard InChI is InChI=1S/C9H9N3O2/c1-5-4-11-12-7(5)8-6(9(13)14)2-3-10-8/h2-4,10H,1H3,(H,11,12)(H,13,14). The van der Waals surface area contributed by atoms with E-state index in [9.17, 15) is 4.79 Å². The first-order valence-electron chi connectivity index (χ1n) is 4.11. The van der Waals surface area contributed by atoms with Gasteiger partial charge in [0.2, 0.25) is 0 Å². The molecule has 0 saturated carbocycles. The Labute approximate surface area is 79.8 Å². The number of H-pyrrole nitrogens is 2. The van der Waals surface area contributed by atoms with Crippen LogP contribution in [0.1, 0.15) is 15.9 Å². The third-order valence-corrected chi connectivity index (χ3v) is 2.06. The van der Waals surface area contributed by atoms with Gasteiger partial charge in [-0.1, -0.05) is 0 Å². The van der Waals surface area contributed by atoms with Crippen molar-refractivity contribution < 1.29 is 9.90 Å². The molecule has 0 aliphatic carbocycles. The molecule has 0 fully saturated rings. The maximum atomic E-state index is 10.8. The summed E-state index contributed by atoms with van der Waals surface area (Å²) >= 11 is 0. The predicted octanol–water partition coefficient (Wildman–Crippen LogP) is 1.41. The number of aromatic amines is 2. The number of aryl methyl sites for hydroxylation is 1. The minimum atomic E-state index is -0.949. The molecule has 0 spiro atoms. The average Bonchev–Trinajstić information content (AvgIpc) is 2.70. The van der Waals surface area contributed by atoms with Gasteiger partial charge >= 0.3 is 5.97 Å². The summed E-state index contributed by atoms with van der Waals surface area (Å²) in [5, 5.41) is 15.5. The summed E-state index contributed by atoms with van der Waals surface area (Å²) in [6, 6.07) is 1.53. The number of aromatic nitrogens is 3. The molecule has 0 atom stereocenters. The SMILES string of the molecule is Cc1cn[nH]c1-c1[nH]ccc1C(=O)O. The second-order valence-corrected chi connectivity index (χ2v) is 3.00. The lowest BCUT2D eigenvalue weighted by atomic mass is 10.1. The van der Waals surface area contributed by atoms with Gasteiger partial charge in [-0.3, -0.25) is 5.10 Å². The monoisotopic (exact) mass is 191 g/mol. The quantitative estimate of drug-likeness (QED) is 0.671. The van der Waals surface area contributed by atoms with Crippen molar-refractivity contribution in [1.29, 1.82) is 0 Å². The number of carboxylic acids is 1. The lowest BCUT2D eigenvalue weighted by Gasteiger charge is -1.97. The Bertz CT molecular complexity index is 470. The summed E-state index contributed by atoms with van der Waals surface area (Å²) < 4.78 is 0. The van der Waals surface area contributed by atoms with Crippen molar-refractivity contribution in [2.75, 3.05) is 0 Å². The van der Waals surface area contributed by atoms with Crippen LogP contribution < -0.4 is 0 Å². The van der Waals surface area contributed by atoms with Gasteiger partial charge in [0, 0.05) is 6.20 Å². The summed E-state index contributed by atoms with van der Waals surface area (Å²) in [5.74, 6) is -0.949.